The number of hydrogen-bond donors (Lipinski definition) is 0. The van der Waals surface area contributed by atoms with Gasteiger partial charge in [0.2, 0.25) is 5.91 Å². The highest BCUT2D eigenvalue weighted by Gasteiger charge is 2.28. The molecule has 1 aliphatic heterocycles. The molecule has 2 amide bonds. The lowest BCUT2D eigenvalue weighted by Crippen LogP contribution is -2.45. The van der Waals surface area contributed by atoms with Crippen molar-refractivity contribution in [1.82, 2.24) is 9.88 Å². The number of nitrogens with zero attached hydrogens (tertiary/aromatic N) is 4. The lowest BCUT2D eigenvalue weighted by atomic mass is 10.1. The van der Waals surface area contributed by atoms with E-state index in [-0.39, 0.29) is 31.4 Å². The number of carbonyl (C=O) groups is 2. The van der Waals surface area contributed by atoms with Gasteiger partial charge < -0.3 is 14.4 Å². The van der Waals surface area contributed by atoms with Crippen LogP contribution in [0.25, 0.3) is 11.3 Å². The molecule has 0 atom stereocenters. The van der Waals surface area contributed by atoms with Crippen molar-refractivity contribution in [2.75, 3.05) is 45.4 Å². The minimum atomic E-state index is -0.282. The summed E-state index contributed by atoms with van der Waals surface area (Å²) in [6.45, 7) is 0.717. The molecule has 0 radical (unpaired) electrons. The Labute approximate surface area is 173 Å². The fourth-order valence-electron chi connectivity index (χ4n) is 2.88. The average Bonchev–Trinajstić information content (AvgIpc) is 3.21. The highest BCUT2D eigenvalue weighted by atomic mass is 32.1. The van der Waals surface area contributed by atoms with Gasteiger partial charge >= 0.3 is 0 Å². The molecule has 1 aromatic heterocycles. The Morgan fingerprint density at radius 3 is 3.07 bits per heavy atom. The molecule has 0 unspecified atom stereocenters. The monoisotopic (exact) mass is 414 g/mol. The van der Waals surface area contributed by atoms with Crippen LogP contribution in [0.3, 0.4) is 0 Å². The number of benzene rings is 1. The van der Waals surface area contributed by atoms with E-state index in [9.17, 15) is 9.59 Å². The number of fused-ring (bicyclic) bond motifs is 1. The van der Waals surface area contributed by atoms with Crippen LogP contribution < -0.4 is 9.64 Å². The fraction of sp³-hybridized carbons (Fsp3) is 0.400. The van der Waals surface area contributed by atoms with E-state index in [0.29, 0.717) is 24.6 Å². The van der Waals surface area contributed by atoms with Gasteiger partial charge in [-0.15, -0.1) is 11.3 Å². The SMILES string of the molecule is COCCc1nc(-c2ccc3c(c2)N(CC(=O)N(C)CCC#N)C(=O)CO3)cs1. The minimum Gasteiger partial charge on any atom is -0.482 e. The maximum atomic E-state index is 12.5. The Morgan fingerprint density at radius 2 is 2.31 bits per heavy atom. The van der Waals surface area contributed by atoms with Crippen molar-refractivity contribution in [2.24, 2.45) is 0 Å². The number of methoxy groups -OCH3 is 1. The quantitative estimate of drug-likeness (QED) is 0.656. The van der Waals surface area contributed by atoms with E-state index >= 15 is 0 Å². The molecule has 1 aliphatic rings. The van der Waals surface area contributed by atoms with Crippen LogP contribution in [0.4, 0.5) is 5.69 Å². The van der Waals surface area contributed by atoms with E-state index < -0.39 is 0 Å². The number of rotatable bonds is 8. The first-order valence-corrected chi connectivity index (χ1v) is 10.0. The lowest BCUT2D eigenvalue weighted by Gasteiger charge is -2.30. The predicted octanol–water partition coefficient (Wildman–Crippen LogP) is 2.10. The van der Waals surface area contributed by atoms with Gasteiger partial charge in [0.1, 0.15) is 12.3 Å². The Hall–Kier alpha value is -2.96. The molecule has 2 aromatic rings. The van der Waals surface area contributed by atoms with Gasteiger partial charge in [-0.05, 0) is 18.2 Å². The summed E-state index contributed by atoms with van der Waals surface area (Å²) >= 11 is 1.56. The number of nitriles is 1. The molecule has 9 heteroatoms. The molecule has 0 N–H and O–H groups in total. The number of carbonyl (C=O) groups excluding carboxylic acids is 2. The summed E-state index contributed by atoms with van der Waals surface area (Å²) in [5.41, 5.74) is 2.20. The normalized spacial score (nSPS) is 12.9. The van der Waals surface area contributed by atoms with E-state index in [1.54, 1.807) is 31.6 Å². The molecule has 152 valence electrons. The second-order valence-corrected chi connectivity index (χ2v) is 7.49. The zero-order chi connectivity index (χ0) is 20.8. The maximum Gasteiger partial charge on any atom is 0.265 e. The van der Waals surface area contributed by atoms with Crippen molar-refractivity contribution < 1.29 is 19.1 Å². The van der Waals surface area contributed by atoms with Crippen molar-refractivity contribution in [3.05, 3.63) is 28.6 Å². The number of thiazole rings is 1. The first kappa shape index (κ1) is 20.8. The molecular formula is C20H22N4O4S. The third kappa shape index (κ3) is 4.91. The Balaban J connectivity index is 1.83. The van der Waals surface area contributed by atoms with Crippen molar-refractivity contribution in [3.63, 3.8) is 0 Å². The van der Waals surface area contributed by atoms with E-state index in [2.05, 4.69) is 4.98 Å². The van der Waals surface area contributed by atoms with E-state index in [1.807, 2.05) is 23.6 Å². The third-order valence-electron chi connectivity index (χ3n) is 4.55. The van der Waals surface area contributed by atoms with Crippen LogP contribution in [0.5, 0.6) is 5.75 Å². The molecule has 0 saturated heterocycles. The molecule has 8 nitrogen and oxygen atoms in total. The molecule has 0 fully saturated rings. The predicted molar refractivity (Wildman–Crippen MR) is 109 cm³/mol. The lowest BCUT2D eigenvalue weighted by molar-refractivity contribution is -0.130. The second kappa shape index (κ2) is 9.49. The molecule has 0 bridgehead atoms. The number of amides is 2. The van der Waals surface area contributed by atoms with Gasteiger partial charge in [0, 0.05) is 38.1 Å². The highest BCUT2D eigenvalue weighted by Crippen LogP contribution is 2.36. The van der Waals surface area contributed by atoms with Crippen molar-refractivity contribution in [3.8, 4) is 23.1 Å². The van der Waals surface area contributed by atoms with Crippen LogP contribution in [0, 0.1) is 11.3 Å². The number of likely N-dealkylation sites (N-methyl/N-ethyl adjacent to an activating group) is 1. The number of hydrogen-bond acceptors (Lipinski definition) is 7. The Morgan fingerprint density at radius 1 is 1.48 bits per heavy atom. The fourth-order valence-corrected chi connectivity index (χ4v) is 3.67. The van der Waals surface area contributed by atoms with Crippen LogP contribution in [0.1, 0.15) is 11.4 Å². The molecule has 3 rings (SSSR count). The maximum absolute atomic E-state index is 12.5. The van der Waals surface area contributed by atoms with Crippen molar-refractivity contribution in [1.29, 1.82) is 5.26 Å². The van der Waals surface area contributed by atoms with Crippen LogP contribution in [-0.4, -0.2) is 62.2 Å². The molecule has 0 aliphatic carbocycles. The van der Waals surface area contributed by atoms with Crippen LogP contribution >= 0.6 is 11.3 Å². The summed E-state index contributed by atoms with van der Waals surface area (Å²) in [5, 5.41) is 11.6. The summed E-state index contributed by atoms with van der Waals surface area (Å²) < 4.78 is 10.6. The largest absolute Gasteiger partial charge is 0.482 e. The number of anilines is 1. The average molecular weight is 414 g/mol. The molecule has 0 spiro atoms. The van der Waals surface area contributed by atoms with Crippen LogP contribution in [-0.2, 0) is 20.7 Å². The molecule has 2 heterocycles. The second-order valence-electron chi connectivity index (χ2n) is 6.54. The van der Waals surface area contributed by atoms with Gasteiger partial charge in [0.05, 0.1) is 35.5 Å². The Kier molecular flexibility index (Phi) is 6.80. The number of ether oxygens (including phenoxy) is 2. The molecule has 29 heavy (non-hydrogen) atoms. The van der Waals surface area contributed by atoms with Crippen molar-refractivity contribution in [2.45, 2.75) is 12.8 Å². The van der Waals surface area contributed by atoms with Gasteiger partial charge in [-0.2, -0.15) is 5.26 Å². The van der Waals surface area contributed by atoms with E-state index in [1.165, 1.54) is 9.80 Å². The highest BCUT2D eigenvalue weighted by molar-refractivity contribution is 7.09. The first-order valence-electron chi connectivity index (χ1n) is 9.15. The zero-order valence-corrected chi connectivity index (χ0v) is 17.2. The summed E-state index contributed by atoms with van der Waals surface area (Å²) in [4.78, 5) is 32.5. The summed E-state index contributed by atoms with van der Waals surface area (Å²) in [6, 6.07) is 7.52. The standard InChI is InChI=1S/C20H22N4O4S/c1-23(8-3-7-21)19(25)11-24-16-10-14(4-5-17(16)28-12-20(24)26)15-13-29-18(22-15)6-9-27-2/h4-5,10,13H,3,6,8-9,11-12H2,1-2H3. The van der Waals surface area contributed by atoms with Gasteiger partial charge in [-0.3, -0.25) is 14.5 Å². The topological polar surface area (TPSA) is 95.8 Å². The molecular weight excluding hydrogens is 392 g/mol. The summed E-state index contributed by atoms with van der Waals surface area (Å²) in [7, 11) is 3.28. The van der Waals surface area contributed by atoms with Crippen molar-refractivity contribution >= 4 is 28.8 Å². The zero-order valence-electron chi connectivity index (χ0n) is 16.4. The smallest absolute Gasteiger partial charge is 0.265 e. The van der Waals surface area contributed by atoms with Gasteiger partial charge in [-0.25, -0.2) is 4.98 Å². The first-order chi connectivity index (χ1) is 14.0. The minimum absolute atomic E-state index is 0.100. The molecule has 1 aromatic carbocycles. The molecule has 0 saturated carbocycles. The van der Waals surface area contributed by atoms with Gasteiger partial charge in [0.25, 0.3) is 5.91 Å². The van der Waals surface area contributed by atoms with E-state index in [4.69, 9.17) is 14.7 Å². The van der Waals surface area contributed by atoms with Crippen LogP contribution in [0.15, 0.2) is 23.6 Å². The number of aromatic nitrogens is 1. The van der Waals surface area contributed by atoms with E-state index in [0.717, 1.165) is 22.7 Å². The summed E-state index contributed by atoms with van der Waals surface area (Å²) in [5.74, 6) is 0.0359. The Bertz CT molecular complexity index is 937. The van der Waals surface area contributed by atoms with Gasteiger partial charge in [-0.1, -0.05) is 0 Å². The van der Waals surface area contributed by atoms with Gasteiger partial charge in [0.15, 0.2) is 6.61 Å². The third-order valence-corrected chi connectivity index (χ3v) is 5.46. The summed E-state index contributed by atoms with van der Waals surface area (Å²) in [6.07, 6.45) is 0.985. The van der Waals surface area contributed by atoms with Crippen LogP contribution in [0.2, 0.25) is 0 Å².